The topological polar surface area (TPSA) is 19.4 Å². The minimum absolute atomic E-state index is 0.649. The van der Waals surface area contributed by atoms with Gasteiger partial charge in [-0.1, -0.05) is 36.4 Å². The summed E-state index contributed by atoms with van der Waals surface area (Å²) in [6, 6.07) is 15.7. The lowest BCUT2D eigenvalue weighted by molar-refractivity contribution is 0.130. The molecule has 0 aliphatic carbocycles. The highest BCUT2D eigenvalue weighted by Gasteiger charge is 2.31. The van der Waals surface area contributed by atoms with Gasteiger partial charge in [-0.15, -0.1) is 0 Å². The van der Waals surface area contributed by atoms with Gasteiger partial charge in [0, 0.05) is 50.3 Å². The number of hydrogen-bond acceptors (Lipinski definition) is 3. The van der Waals surface area contributed by atoms with Crippen molar-refractivity contribution < 1.29 is 0 Å². The van der Waals surface area contributed by atoms with Gasteiger partial charge in [0.1, 0.15) is 0 Å². The first-order valence-corrected chi connectivity index (χ1v) is 8.53. The van der Waals surface area contributed by atoms with E-state index in [0.717, 1.165) is 26.1 Å². The van der Waals surface area contributed by atoms with Gasteiger partial charge in [-0.3, -0.25) is 9.88 Å². The van der Waals surface area contributed by atoms with Crippen LogP contribution in [0.2, 0.25) is 0 Å². The molecule has 2 aliphatic heterocycles. The number of aromatic nitrogens is 1. The van der Waals surface area contributed by atoms with Crippen molar-refractivity contribution in [3.63, 3.8) is 0 Å². The summed E-state index contributed by atoms with van der Waals surface area (Å²) in [4.78, 5) is 9.32. The first-order chi connectivity index (χ1) is 11.4. The van der Waals surface area contributed by atoms with Crippen LogP contribution in [0.1, 0.15) is 17.5 Å². The monoisotopic (exact) mass is 305 g/mol. The average molecular weight is 305 g/mol. The number of piperazine rings is 1. The molecule has 0 N–H and O–H groups in total. The van der Waals surface area contributed by atoms with Crippen LogP contribution in [0, 0.1) is 0 Å². The van der Waals surface area contributed by atoms with Crippen molar-refractivity contribution in [1.82, 2.24) is 14.8 Å². The second-order valence-electron chi connectivity index (χ2n) is 6.44. The minimum Gasteiger partial charge on any atom is -0.365 e. The molecule has 0 spiro atoms. The molecule has 3 nitrogen and oxygen atoms in total. The number of hydrogen-bond donors (Lipinski definition) is 0. The molecular weight excluding hydrogens is 282 g/mol. The largest absolute Gasteiger partial charge is 0.365 e. The zero-order valence-corrected chi connectivity index (χ0v) is 13.4. The maximum atomic E-state index is 4.09. The van der Waals surface area contributed by atoms with Crippen molar-refractivity contribution >= 4 is 5.70 Å². The summed E-state index contributed by atoms with van der Waals surface area (Å²) in [6.07, 6.45) is 8.50. The molecule has 1 unspecified atom stereocenters. The summed E-state index contributed by atoms with van der Waals surface area (Å²) >= 11 is 0. The van der Waals surface area contributed by atoms with Crippen molar-refractivity contribution in [3.8, 4) is 0 Å². The van der Waals surface area contributed by atoms with Crippen LogP contribution in [0.25, 0.3) is 5.70 Å². The highest BCUT2D eigenvalue weighted by atomic mass is 15.3. The SMILES string of the molecule is C1=C(c2ccccc2)N2CCN(CCc3ccncc3)CC2C1. The van der Waals surface area contributed by atoms with E-state index in [1.807, 2.05) is 12.4 Å². The summed E-state index contributed by atoms with van der Waals surface area (Å²) < 4.78 is 0. The number of benzene rings is 1. The molecule has 118 valence electrons. The van der Waals surface area contributed by atoms with Gasteiger partial charge in [0.2, 0.25) is 0 Å². The molecule has 1 saturated heterocycles. The average Bonchev–Trinajstić information content (AvgIpc) is 3.05. The van der Waals surface area contributed by atoms with E-state index in [9.17, 15) is 0 Å². The fourth-order valence-electron chi connectivity index (χ4n) is 3.74. The summed E-state index contributed by atoms with van der Waals surface area (Å²) in [7, 11) is 0. The lowest BCUT2D eigenvalue weighted by atomic mass is 10.1. The first-order valence-electron chi connectivity index (χ1n) is 8.53. The molecule has 1 aromatic carbocycles. The quantitative estimate of drug-likeness (QED) is 0.865. The van der Waals surface area contributed by atoms with E-state index in [1.165, 1.54) is 29.8 Å². The van der Waals surface area contributed by atoms with Crippen LogP contribution >= 0.6 is 0 Å². The van der Waals surface area contributed by atoms with Gasteiger partial charge < -0.3 is 4.90 Å². The van der Waals surface area contributed by atoms with E-state index >= 15 is 0 Å². The molecule has 0 amide bonds. The molecular formula is C20H23N3. The van der Waals surface area contributed by atoms with E-state index in [0.29, 0.717) is 6.04 Å². The lowest BCUT2D eigenvalue weighted by Gasteiger charge is -2.40. The molecule has 23 heavy (non-hydrogen) atoms. The minimum atomic E-state index is 0.649. The van der Waals surface area contributed by atoms with E-state index < -0.39 is 0 Å². The summed E-state index contributed by atoms with van der Waals surface area (Å²) in [5, 5.41) is 0. The Hall–Kier alpha value is -2.13. The van der Waals surface area contributed by atoms with Crippen molar-refractivity contribution in [2.24, 2.45) is 0 Å². The van der Waals surface area contributed by atoms with Gasteiger partial charge >= 0.3 is 0 Å². The zero-order chi connectivity index (χ0) is 15.5. The smallest absolute Gasteiger partial charge is 0.0453 e. The lowest BCUT2D eigenvalue weighted by Crippen LogP contribution is -2.50. The molecule has 0 bridgehead atoms. The Morgan fingerprint density at radius 2 is 1.83 bits per heavy atom. The van der Waals surface area contributed by atoms with Gasteiger partial charge in [0.25, 0.3) is 0 Å². The maximum Gasteiger partial charge on any atom is 0.0453 e. The maximum absolute atomic E-state index is 4.09. The number of pyridine rings is 1. The fraction of sp³-hybridized carbons (Fsp3) is 0.350. The van der Waals surface area contributed by atoms with Crippen LogP contribution in [0.5, 0.6) is 0 Å². The Bertz CT molecular complexity index is 666. The fourth-order valence-corrected chi connectivity index (χ4v) is 3.74. The second-order valence-corrected chi connectivity index (χ2v) is 6.44. The predicted octanol–water partition coefficient (Wildman–Crippen LogP) is 3.06. The van der Waals surface area contributed by atoms with Crippen molar-refractivity contribution in [2.75, 3.05) is 26.2 Å². The highest BCUT2D eigenvalue weighted by Crippen LogP contribution is 2.32. The predicted molar refractivity (Wildman–Crippen MR) is 93.9 cm³/mol. The van der Waals surface area contributed by atoms with E-state index in [1.54, 1.807) is 0 Å². The Morgan fingerprint density at radius 3 is 2.65 bits per heavy atom. The van der Waals surface area contributed by atoms with Crippen molar-refractivity contribution in [3.05, 3.63) is 72.1 Å². The summed E-state index contributed by atoms with van der Waals surface area (Å²) in [6.45, 7) is 4.63. The summed E-state index contributed by atoms with van der Waals surface area (Å²) in [5.41, 5.74) is 4.18. The second kappa shape index (κ2) is 6.55. The number of rotatable bonds is 4. The van der Waals surface area contributed by atoms with Crippen LogP contribution < -0.4 is 0 Å². The zero-order valence-electron chi connectivity index (χ0n) is 13.4. The first kappa shape index (κ1) is 14.5. The van der Waals surface area contributed by atoms with E-state index in [-0.39, 0.29) is 0 Å². The third-order valence-electron chi connectivity index (χ3n) is 5.00. The normalized spacial score (nSPS) is 21.1. The van der Waals surface area contributed by atoms with Gasteiger partial charge in [-0.2, -0.15) is 0 Å². The molecule has 3 heteroatoms. The number of nitrogens with zero attached hydrogens (tertiary/aromatic N) is 3. The molecule has 0 saturated carbocycles. The van der Waals surface area contributed by atoms with Crippen molar-refractivity contribution in [1.29, 1.82) is 0 Å². The van der Waals surface area contributed by atoms with Crippen LogP contribution in [-0.2, 0) is 6.42 Å². The summed E-state index contributed by atoms with van der Waals surface area (Å²) in [5.74, 6) is 0. The molecule has 3 heterocycles. The van der Waals surface area contributed by atoms with Gasteiger partial charge in [0.05, 0.1) is 0 Å². The molecule has 2 aliphatic rings. The third-order valence-corrected chi connectivity index (χ3v) is 5.00. The van der Waals surface area contributed by atoms with E-state index in [2.05, 4.69) is 63.3 Å². The Labute approximate surface area is 138 Å². The van der Waals surface area contributed by atoms with Crippen LogP contribution in [0.4, 0.5) is 0 Å². The number of fused-ring (bicyclic) bond motifs is 1. The van der Waals surface area contributed by atoms with Crippen molar-refractivity contribution in [2.45, 2.75) is 18.9 Å². The van der Waals surface area contributed by atoms with Crippen LogP contribution in [-0.4, -0.2) is 47.0 Å². The molecule has 1 aromatic heterocycles. The standard InChI is InChI=1S/C20H23N3/c1-2-4-18(5-3-1)20-7-6-19-16-22(14-15-23(19)20)13-10-17-8-11-21-12-9-17/h1-5,7-9,11-12,19H,6,10,13-16H2. The Kier molecular flexibility index (Phi) is 4.12. The van der Waals surface area contributed by atoms with Crippen LogP contribution in [0.15, 0.2) is 60.9 Å². The highest BCUT2D eigenvalue weighted by molar-refractivity contribution is 5.66. The molecule has 0 radical (unpaired) electrons. The van der Waals surface area contributed by atoms with Crippen LogP contribution in [0.3, 0.4) is 0 Å². The molecule has 2 aromatic rings. The molecule has 1 atom stereocenters. The van der Waals surface area contributed by atoms with Gasteiger partial charge in [0.15, 0.2) is 0 Å². The van der Waals surface area contributed by atoms with Gasteiger partial charge in [-0.25, -0.2) is 0 Å². The molecule has 4 rings (SSSR count). The van der Waals surface area contributed by atoms with Gasteiger partial charge in [-0.05, 0) is 36.1 Å². The van der Waals surface area contributed by atoms with E-state index in [4.69, 9.17) is 0 Å². The third kappa shape index (κ3) is 3.15. The Morgan fingerprint density at radius 1 is 1.00 bits per heavy atom. The molecule has 1 fully saturated rings. The Balaban J connectivity index is 1.35.